The van der Waals surface area contributed by atoms with Gasteiger partial charge >= 0.3 is 0 Å². The molecule has 0 fully saturated rings. The molecular weight excluding hydrogens is 346 g/mol. The Balaban J connectivity index is 1.93. The number of carbonyl (C=O) groups is 1. The molecule has 0 heterocycles. The Morgan fingerprint density at radius 2 is 1.56 bits per heavy atom. The monoisotopic (exact) mass is 373 g/mol. The standard InChI is InChI=1S/C21H27NO5/c1-5-25-19-12-7-16(13-20(19)26-6-2)15(3)22-21(23)14-27-18-10-8-17(24-4)9-11-18/h7-13,15H,5-6,14H2,1-4H3,(H,22,23)/t15-/m0/s1. The molecule has 2 rings (SSSR count). The first-order valence-electron chi connectivity index (χ1n) is 9.03. The number of carbonyl (C=O) groups excluding carboxylic acids is 1. The van der Waals surface area contributed by atoms with E-state index in [9.17, 15) is 4.79 Å². The first kappa shape index (κ1) is 20.4. The molecule has 2 aromatic carbocycles. The lowest BCUT2D eigenvalue weighted by atomic mass is 10.1. The van der Waals surface area contributed by atoms with Crippen molar-refractivity contribution in [2.24, 2.45) is 0 Å². The fraction of sp³-hybridized carbons (Fsp3) is 0.381. The van der Waals surface area contributed by atoms with E-state index in [-0.39, 0.29) is 18.6 Å². The highest BCUT2D eigenvalue weighted by Crippen LogP contribution is 2.30. The zero-order valence-electron chi connectivity index (χ0n) is 16.3. The Labute approximate surface area is 160 Å². The highest BCUT2D eigenvalue weighted by Gasteiger charge is 2.13. The van der Waals surface area contributed by atoms with Crippen LogP contribution in [0, 0.1) is 0 Å². The fourth-order valence-corrected chi connectivity index (χ4v) is 2.52. The van der Waals surface area contributed by atoms with E-state index >= 15 is 0 Å². The van der Waals surface area contributed by atoms with Gasteiger partial charge < -0.3 is 24.3 Å². The first-order chi connectivity index (χ1) is 13.1. The van der Waals surface area contributed by atoms with E-state index in [4.69, 9.17) is 18.9 Å². The van der Waals surface area contributed by atoms with Gasteiger partial charge in [-0.2, -0.15) is 0 Å². The van der Waals surface area contributed by atoms with E-state index in [0.717, 1.165) is 11.3 Å². The normalized spacial score (nSPS) is 11.4. The van der Waals surface area contributed by atoms with Gasteiger partial charge in [-0.15, -0.1) is 0 Å². The molecule has 1 amide bonds. The van der Waals surface area contributed by atoms with Crippen molar-refractivity contribution in [2.45, 2.75) is 26.8 Å². The van der Waals surface area contributed by atoms with Crippen LogP contribution in [0.25, 0.3) is 0 Å². The predicted octanol–water partition coefficient (Wildman–Crippen LogP) is 3.75. The number of amides is 1. The van der Waals surface area contributed by atoms with Gasteiger partial charge in [0.15, 0.2) is 18.1 Å². The van der Waals surface area contributed by atoms with E-state index in [1.165, 1.54) is 0 Å². The minimum atomic E-state index is -0.204. The Morgan fingerprint density at radius 3 is 2.19 bits per heavy atom. The Hall–Kier alpha value is -2.89. The number of ether oxygens (including phenoxy) is 4. The Kier molecular flexibility index (Phi) is 7.79. The average Bonchev–Trinajstić information content (AvgIpc) is 2.68. The summed E-state index contributed by atoms with van der Waals surface area (Å²) in [5.74, 6) is 2.52. The topological polar surface area (TPSA) is 66.0 Å². The van der Waals surface area contributed by atoms with Gasteiger partial charge in [0.05, 0.1) is 26.4 Å². The summed E-state index contributed by atoms with van der Waals surface area (Å²) in [7, 11) is 1.60. The number of nitrogens with one attached hydrogen (secondary N) is 1. The summed E-state index contributed by atoms with van der Waals surface area (Å²) < 4.78 is 21.8. The summed E-state index contributed by atoms with van der Waals surface area (Å²) in [6, 6.07) is 12.6. The third-order valence-electron chi connectivity index (χ3n) is 3.87. The largest absolute Gasteiger partial charge is 0.497 e. The van der Waals surface area contributed by atoms with Gasteiger partial charge in [-0.1, -0.05) is 6.07 Å². The first-order valence-corrected chi connectivity index (χ1v) is 9.03. The van der Waals surface area contributed by atoms with Crippen molar-refractivity contribution in [1.82, 2.24) is 5.32 Å². The van der Waals surface area contributed by atoms with E-state index in [2.05, 4.69) is 5.32 Å². The van der Waals surface area contributed by atoms with Crippen LogP contribution in [0.15, 0.2) is 42.5 Å². The molecular formula is C21H27NO5. The number of benzene rings is 2. The van der Waals surface area contributed by atoms with Crippen LogP contribution in [-0.4, -0.2) is 32.8 Å². The van der Waals surface area contributed by atoms with Crippen molar-refractivity contribution >= 4 is 5.91 Å². The molecule has 0 bridgehead atoms. The number of methoxy groups -OCH3 is 1. The zero-order valence-corrected chi connectivity index (χ0v) is 16.3. The number of rotatable bonds is 10. The van der Waals surface area contributed by atoms with Gasteiger partial charge in [0.25, 0.3) is 5.91 Å². The van der Waals surface area contributed by atoms with Crippen LogP contribution in [0.1, 0.15) is 32.4 Å². The van der Waals surface area contributed by atoms with Gasteiger partial charge in [0.1, 0.15) is 11.5 Å². The van der Waals surface area contributed by atoms with Crippen LogP contribution in [0.3, 0.4) is 0 Å². The van der Waals surface area contributed by atoms with Crippen molar-refractivity contribution in [3.05, 3.63) is 48.0 Å². The lowest BCUT2D eigenvalue weighted by Crippen LogP contribution is -2.31. The summed E-state index contributed by atoms with van der Waals surface area (Å²) in [4.78, 5) is 12.2. The molecule has 1 N–H and O–H groups in total. The van der Waals surface area contributed by atoms with Crippen molar-refractivity contribution in [1.29, 1.82) is 0 Å². The molecule has 0 spiro atoms. The molecule has 0 radical (unpaired) electrons. The van der Waals surface area contributed by atoms with Gasteiger partial charge in [0.2, 0.25) is 0 Å². The third-order valence-corrected chi connectivity index (χ3v) is 3.87. The summed E-state index contributed by atoms with van der Waals surface area (Å²) in [6.07, 6.45) is 0. The molecule has 0 saturated carbocycles. The predicted molar refractivity (Wildman–Crippen MR) is 104 cm³/mol. The molecule has 0 aliphatic carbocycles. The maximum Gasteiger partial charge on any atom is 0.258 e. The lowest BCUT2D eigenvalue weighted by Gasteiger charge is -2.17. The molecule has 2 aromatic rings. The quantitative estimate of drug-likeness (QED) is 0.687. The fourth-order valence-electron chi connectivity index (χ4n) is 2.52. The summed E-state index contributed by atoms with van der Waals surface area (Å²) in [5.41, 5.74) is 0.930. The van der Waals surface area contributed by atoms with Crippen molar-refractivity contribution < 1.29 is 23.7 Å². The molecule has 6 nitrogen and oxygen atoms in total. The summed E-state index contributed by atoms with van der Waals surface area (Å²) >= 11 is 0. The minimum absolute atomic E-state index is 0.0635. The molecule has 0 unspecified atom stereocenters. The molecule has 1 atom stereocenters. The molecule has 146 valence electrons. The van der Waals surface area contributed by atoms with Crippen LogP contribution in [-0.2, 0) is 4.79 Å². The van der Waals surface area contributed by atoms with Crippen LogP contribution in [0.5, 0.6) is 23.0 Å². The molecule has 0 aliphatic heterocycles. The van der Waals surface area contributed by atoms with E-state index in [1.807, 2.05) is 39.0 Å². The van der Waals surface area contributed by atoms with Crippen LogP contribution in [0.2, 0.25) is 0 Å². The molecule has 0 aliphatic rings. The van der Waals surface area contributed by atoms with Crippen LogP contribution in [0.4, 0.5) is 0 Å². The minimum Gasteiger partial charge on any atom is -0.497 e. The zero-order chi connectivity index (χ0) is 19.6. The van der Waals surface area contributed by atoms with E-state index in [0.29, 0.717) is 30.5 Å². The SMILES string of the molecule is CCOc1ccc([C@H](C)NC(=O)COc2ccc(OC)cc2)cc1OCC. The maximum atomic E-state index is 12.2. The van der Waals surface area contributed by atoms with Gasteiger partial charge in [-0.05, 0) is 62.7 Å². The maximum absolute atomic E-state index is 12.2. The summed E-state index contributed by atoms with van der Waals surface area (Å²) in [5, 5.41) is 2.92. The Morgan fingerprint density at radius 1 is 0.926 bits per heavy atom. The van der Waals surface area contributed by atoms with Gasteiger partial charge in [0, 0.05) is 0 Å². The molecule has 0 saturated heterocycles. The third kappa shape index (κ3) is 6.09. The van der Waals surface area contributed by atoms with Gasteiger partial charge in [-0.3, -0.25) is 4.79 Å². The second kappa shape index (κ2) is 10.3. The smallest absolute Gasteiger partial charge is 0.258 e. The van der Waals surface area contributed by atoms with Crippen LogP contribution >= 0.6 is 0 Å². The number of hydrogen-bond donors (Lipinski definition) is 1. The molecule has 27 heavy (non-hydrogen) atoms. The van der Waals surface area contributed by atoms with E-state index < -0.39 is 0 Å². The number of hydrogen-bond acceptors (Lipinski definition) is 5. The second-order valence-electron chi connectivity index (χ2n) is 5.83. The molecule has 6 heteroatoms. The van der Waals surface area contributed by atoms with Crippen molar-refractivity contribution in [3.63, 3.8) is 0 Å². The van der Waals surface area contributed by atoms with Crippen LogP contribution < -0.4 is 24.3 Å². The highest BCUT2D eigenvalue weighted by atomic mass is 16.5. The highest BCUT2D eigenvalue weighted by molar-refractivity contribution is 5.78. The Bertz CT molecular complexity index is 730. The second-order valence-corrected chi connectivity index (χ2v) is 5.83. The van der Waals surface area contributed by atoms with Gasteiger partial charge in [-0.25, -0.2) is 0 Å². The van der Waals surface area contributed by atoms with E-state index in [1.54, 1.807) is 31.4 Å². The summed E-state index contributed by atoms with van der Waals surface area (Å²) in [6.45, 7) is 6.80. The average molecular weight is 373 g/mol. The lowest BCUT2D eigenvalue weighted by molar-refractivity contribution is -0.123. The van der Waals surface area contributed by atoms with Crippen molar-refractivity contribution in [2.75, 3.05) is 26.9 Å². The molecule has 0 aromatic heterocycles. The van der Waals surface area contributed by atoms with Crippen molar-refractivity contribution in [3.8, 4) is 23.0 Å².